The first-order valence-electron chi connectivity index (χ1n) is 3.46. The van der Waals surface area contributed by atoms with E-state index in [1.165, 1.54) is 0 Å². The van der Waals surface area contributed by atoms with Crippen molar-refractivity contribution < 1.29 is 5.11 Å². The van der Waals surface area contributed by atoms with Crippen molar-refractivity contribution >= 4 is 57.6 Å². The predicted octanol–water partition coefficient (Wildman–Crippen LogP) is 3.04. The number of rotatable bonds is 1. The Morgan fingerprint density at radius 3 is 2.38 bits per heavy atom. The van der Waals surface area contributed by atoms with Crippen LogP contribution in [0.2, 0.25) is 0 Å². The van der Waals surface area contributed by atoms with Crippen molar-refractivity contribution in [1.82, 2.24) is 0 Å². The second-order valence-corrected chi connectivity index (χ2v) is 5.02. The zero-order valence-corrected chi connectivity index (χ0v) is 12.1. The van der Waals surface area contributed by atoms with Crippen LogP contribution in [0, 0.1) is 7.14 Å². The van der Waals surface area contributed by atoms with E-state index < -0.39 is 0 Å². The van der Waals surface area contributed by atoms with E-state index in [1.54, 1.807) is 0 Å². The van der Waals surface area contributed by atoms with Crippen molar-refractivity contribution in [2.24, 2.45) is 5.73 Å². The maximum Gasteiger partial charge on any atom is 0.133 e. The molecule has 0 heterocycles. The summed E-state index contributed by atoms with van der Waals surface area (Å²) in [5, 5.41) is 9.60. The zero-order valence-electron chi connectivity index (χ0n) is 6.92. The first-order chi connectivity index (χ1) is 5.52. The van der Waals surface area contributed by atoms with Gasteiger partial charge in [0.05, 0.1) is 3.57 Å². The molecule has 0 radical (unpaired) electrons. The van der Waals surface area contributed by atoms with Crippen LogP contribution in [-0.2, 0) is 0 Å². The zero-order chi connectivity index (χ0) is 9.30. The van der Waals surface area contributed by atoms with Crippen molar-refractivity contribution in [3.05, 3.63) is 24.8 Å². The van der Waals surface area contributed by atoms with E-state index in [9.17, 15) is 5.11 Å². The highest BCUT2D eigenvalue weighted by Gasteiger charge is 2.09. The van der Waals surface area contributed by atoms with Gasteiger partial charge in [-0.2, -0.15) is 0 Å². The summed E-state index contributed by atoms with van der Waals surface area (Å²) in [4.78, 5) is 0. The highest BCUT2D eigenvalue weighted by molar-refractivity contribution is 14.1. The Balaban J connectivity index is 0.00000144. The standard InChI is InChI=1S/C8H9I2NO.ClH/c1-4(11)6-2-5(9)3-7(10)8(6)12;/h2-4,12H,11H2,1H3;1H/t4-;/m1./s1. The number of hydrogen-bond donors (Lipinski definition) is 2. The molecular formula is C8H10ClI2NO. The highest BCUT2D eigenvalue weighted by atomic mass is 127. The lowest BCUT2D eigenvalue weighted by Crippen LogP contribution is -2.06. The van der Waals surface area contributed by atoms with Crippen LogP contribution in [0.5, 0.6) is 5.75 Å². The topological polar surface area (TPSA) is 46.2 Å². The minimum Gasteiger partial charge on any atom is -0.506 e. The van der Waals surface area contributed by atoms with Gasteiger partial charge in [-0.3, -0.25) is 0 Å². The molecular weight excluding hydrogens is 415 g/mol. The Bertz CT molecular complexity index is 304. The normalized spacial score (nSPS) is 12.0. The molecule has 0 aromatic heterocycles. The molecule has 0 fully saturated rings. The van der Waals surface area contributed by atoms with Crippen LogP contribution in [0.15, 0.2) is 12.1 Å². The molecule has 0 aliphatic rings. The largest absolute Gasteiger partial charge is 0.506 e. The summed E-state index contributed by atoms with van der Waals surface area (Å²) < 4.78 is 1.95. The molecule has 0 amide bonds. The summed E-state index contributed by atoms with van der Waals surface area (Å²) in [5.74, 6) is 0.311. The quantitative estimate of drug-likeness (QED) is 0.680. The third kappa shape index (κ3) is 3.41. The van der Waals surface area contributed by atoms with Crippen LogP contribution < -0.4 is 5.73 Å². The number of benzene rings is 1. The number of aromatic hydroxyl groups is 1. The minimum absolute atomic E-state index is 0. The molecule has 0 aliphatic carbocycles. The molecule has 0 saturated heterocycles. The minimum atomic E-state index is -0.117. The molecule has 0 unspecified atom stereocenters. The van der Waals surface area contributed by atoms with Gasteiger partial charge in [0.15, 0.2) is 0 Å². The van der Waals surface area contributed by atoms with Crippen LogP contribution in [-0.4, -0.2) is 5.11 Å². The van der Waals surface area contributed by atoms with Gasteiger partial charge in [0.1, 0.15) is 5.75 Å². The van der Waals surface area contributed by atoms with Crippen LogP contribution in [0.3, 0.4) is 0 Å². The Morgan fingerprint density at radius 2 is 1.92 bits per heavy atom. The lowest BCUT2D eigenvalue weighted by atomic mass is 10.1. The van der Waals surface area contributed by atoms with Gasteiger partial charge >= 0.3 is 0 Å². The Morgan fingerprint density at radius 1 is 1.38 bits per heavy atom. The van der Waals surface area contributed by atoms with E-state index in [2.05, 4.69) is 45.2 Å². The lowest BCUT2D eigenvalue weighted by molar-refractivity contribution is 0.459. The monoisotopic (exact) mass is 425 g/mol. The molecule has 5 heteroatoms. The van der Waals surface area contributed by atoms with E-state index in [0.29, 0.717) is 5.75 Å². The van der Waals surface area contributed by atoms with Gasteiger partial charge in [-0.15, -0.1) is 12.4 Å². The fraction of sp³-hybridized carbons (Fsp3) is 0.250. The third-order valence-corrected chi connectivity index (χ3v) is 2.99. The van der Waals surface area contributed by atoms with Crippen molar-refractivity contribution in [3.63, 3.8) is 0 Å². The fourth-order valence-electron chi connectivity index (χ4n) is 0.933. The summed E-state index contributed by atoms with van der Waals surface area (Å²) in [6.45, 7) is 1.86. The van der Waals surface area contributed by atoms with Gasteiger partial charge < -0.3 is 10.8 Å². The molecule has 74 valence electrons. The second-order valence-electron chi connectivity index (χ2n) is 2.61. The van der Waals surface area contributed by atoms with E-state index in [1.807, 2.05) is 19.1 Å². The van der Waals surface area contributed by atoms with Gasteiger partial charge in [0.25, 0.3) is 0 Å². The first kappa shape index (κ1) is 13.7. The van der Waals surface area contributed by atoms with Gasteiger partial charge in [-0.25, -0.2) is 0 Å². The van der Waals surface area contributed by atoms with Crippen molar-refractivity contribution in [3.8, 4) is 5.75 Å². The molecule has 1 aromatic carbocycles. The Labute approximate surface area is 111 Å². The maximum absolute atomic E-state index is 9.60. The van der Waals surface area contributed by atoms with Gasteiger partial charge in [-0.1, -0.05) is 0 Å². The van der Waals surface area contributed by atoms with Crippen molar-refractivity contribution in [1.29, 1.82) is 0 Å². The predicted molar refractivity (Wildman–Crippen MR) is 73.4 cm³/mol. The highest BCUT2D eigenvalue weighted by Crippen LogP contribution is 2.30. The molecule has 1 rings (SSSR count). The number of hydrogen-bond acceptors (Lipinski definition) is 2. The molecule has 0 aliphatic heterocycles. The molecule has 0 bridgehead atoms. The average Bonchev–Trinajstić information content (AvgIpc) is 1.96. The van der Waals surface area contributed by atoms with E-state index in [4.69, 9.17) is 5.73 Å². The van der Waals surface area contributed by atoms with E-state index in [0.717, 1.165) is 12.7 Å². The SMILES string of the molecule is C[C@@H](N)c1cc(I)cc(I)c1O.Cl. The number of halogens is 3. The summed E-state index contributed by atoms with van der Waals surface area (Å²) in [5.41, 5.74) is 6.50. The van der Waals surface area contributed by atoms with Gasteiger partial charge in [0, 0.05) is 15.2 Å². The second kappa shape index (κ2) is 5.57. The van der Waals surface area contributed by atoms with Crippen LogP contribution >= 0.6 is 57.6 Å². The number of phenolic OH excluding ortho intramolecular Hbond substituents is 1. The average molecular weight is 425 g/mol. The Hall–Kier alpha value is 0.730. The summed E-state index contributed by atoms with van der Waals surface area (Å²) in [6, 6.07) is 3.71. The van der Waals surface area contributed by atoms with Gasteiger partial charge in [0.2, 0.25) is 0 Å². The van der Waals surface area contributed by atoms with Crippen LogP contribution in [0.25, 0.3) is 0 Å². The molecule has 1 atom stereocenters. The van der Waals surface area contributed by atoms with Crippen LogP contribution in [0.1, 0.15) is 18.5 Å². The van der Waals surface area contributed by atoms with Crippen molar-refractivity contribution in [2.45, 2.75) is 13.0 Å². The summed E-state index contributed by atoms with van der Waals surface area (Å²) in [7, 11) is 0. The number of nitrogens with two attached hydrogens (primary N) is 1. The molecule has 2 nitrogen and oxygen atoms in total. The van der Waals surface area contributed by atoms with Gasteiger partial charge in [-0.05, 0) is 64.2 Å². The first-order valence-corrected chi connectivity index (χ1v) is 5.61. The lowest BCUT2D eigenvalue weighted by Gasteiger charge is -2.10. The van der Waals surface area contributed by atoms with Crippen LogP contribution in [0.4, 0.5) is 0 Å². The molecule has 13 heavy (non-hydrogen) atoms. The smallest absolute Gasteiger partial charge is 0.133 e. The molecule has 0 saturated carbocycles. The Kier molecular flexibility index (Phi) is 5.88. The summed E-state index contributed by atoms with van der Waals surface area (Å²) >= 11 is 4.31. The van der Waals surface area contributed by atoms with E-state index in [-0.39, 0.29) is 18.4 Å². The number of phenols is 1. The van der Waals surface area contributed by atoms with Crippen molar-refractivity contribution in [2.75, 3.05) is 0 Å². The third-order valence-electron chi connectivity index (χ3n) is 1.55. The molecule has 0 spiro atoms. The summed E-state index contributed by atoms with van der Waals surface area (Å²) in [6.07, 6.45) is 0. The fourth-order valence-corrected chi connectivity index (χ4v) is 2.82. The molecule has 1 aromatic rings. The maximum atomic E-state index is 9.60. The molecule has 3 N–H and O–H groups in total. The van der Waals surface area contributed by atoms with E-state index >= 15 is 0 Å².